The minimum Gasteiger partial charge on any atom is -0.458 e. The number of hydrogen-bond donors (Lipinski definition) is 0. The van der Waals surface area contributed by atoms with Gasteiger partial charge in [-0.25, -0.2) is 0 Å². The molecular weight excluding hydrogens is 1030 g/mol. The summed E-state index contributed by atoms with van der Waals surface area (Å²) < 4.78 is 13.0. The van der Waals surface area contributed by atoms with E-state index in [4.69, 9.17) is 4.74 Å². The summed E-state index contributed by atoms with van der Waals surface area (Å²) in [5.74, 6) is 3.59. The number of anilines is 3. The highest BCUT2D eigenvalue weighted by Crippen LogP contribution is 2.54. The molecule has 2 aliphatic heterocycles. The molecule has 0 bridgehead atoms. The maximum atomic E-state index is 7.56. The van der Waals surface area contributed by atoms with Crippen molar-refractivity contribution in [2.24, 2.45) is 28.6 Å². The van der Waals surface area contributed by atoms with Crippen molar-refractivity contribution < 1.29 is 4.74 Å². The lowest BCUT2D eigenvalue weighted by molar-refractivity contribution is 0.200. The van der Waals surface area contributed by atoms with Gasteiger partial charge in [0.2, 0.25) is 0 Å². The molecule has 7 aromatic carbocycles. The molecule has 85 heavy (non-hydrogen) atoms. The molecule has 0 radical (unpaired) electrons. The van der Waals surface area contributed by atoms with Gasteiger partial charge in [-0.3, -0.25) is 0 Å². The highest BCUT2D eigenvalue weighted by Gasteiger charge is 2.46. The maximum Gasteiger partial charge on any atom is 0.257 e. The molecule has 0 saturated heterocycles. The van der Waals surface area contributed by atoms with Gasteiger partial charge in [0.15, 0.2) is 0 Å². The highest BCUT2D eigenvalue weighted by atomic mass is 16.5. The lowest BCUT2D eigenvalue weighted by Gasteiger charge is -2.44. The number of hydrogen-bond acceptors (Lipinski definition) is 2. The Morgan fingerprint density at radius 1 is 0.459 bits per heavy atom. The van der Waals surface area contributed by atoms with Crippen molar-refractivity contribution in [3.05, 3.63) is 185 Å². The molecule has 3 aliphatic carbocycles. The van der Waals surface area contributed by atoms with Crippen molar-refractivity contribution >= 4 is 83.8 Å². The van der Waals surface area contributed by atoms with Gasteiger partial charge >= 0.3 is 0 Å². The number of nitrogens with zero attached hydrogens (tertiary/aromatic N) is 3. The summed E-state index contributed by atoms with van der Waals surface area (Å²) in [7, 11) is 0. The molecule has 0 N–H and O–H groups in total. The first-order chi connectivity index (χ1) is 40.3. The number of para-hydroxylation sites is 2. The fourth-order valence-corrected chi connectivity index (χ4v) is 16.2. The van der Waals surface area contributed by atoms with Crippen LogP contribution in [0.25, 0.3) is 49.3 Å². The van der Waals surface area contributed by atoms with E-state index in [-0.39, 0.29) is 39.8 Å². The molecule has 4 heterocycles. The third kappa shape index (κ3) is 9.29. The van der Waals surface area contributed by atoms with E-state index in [1.807, 2.05) is 0 Å². The molecule has 5 heteroatoms. The van der Waals surface area contributed by atoms with Gasteiger partial charge in [0.1, 0.15) is 11.5 Å². The van der Waals surface area contributed by atoms with Crippen molar-refractivity contribution in [1.82, 2.24) is 9.13 Å². The first kappa shape index (κ1) is 55.9. The topological polar surface area (TPSA) is 22.3 Å². The first-order valence-corrected chi connectivity index (χ1v) is 32.4. The van der Waals surface area contributed by atoms with E-state index < -0.39 is 0 Å². The van der Waals surface area contributed by atoms with Crippen molar-refractivity contribution in [2.45, 2.75) is 178 Å². The molecule has 0 amide bonds. The van der Waals surface area contributed by atoms with Crippen LogP contribution < -0.4 is 26.0 Å². The lowest BCUT2D eigenvalue weighted by atomic mass is 9.33. The van der Waals surface area contributed by atoms with E-state index in [2.05, 4.69) is 270 Å². The Kier molecular flexibility index (Phi) is 13.0. The summed E-state index contributed by atoms with van der Waals surface area (Å²) in [4.78, 5) is 2.57. The maximum absolute atomic E-state index is 7.56. The average Bonchev–Trinajstić information content (AvgIpc) is 1.78. The second-order valence-corrected chi connectivity index (χ2v) is 31.5. The van der Waals surface area contributed by atoms with Crippen molar-refractivity contribution in [2.75, 3.05) is 4.90 Å². The Morgan fingerprint density at radius 3 is 1.69 bits per heavy atom. The van der Waals surface area contributed by atoms with Gasteiger partial charge in [0.25, 0.3) is 6.71 Å². The number of fused-ring (bicyclic) bond motifs is 11. The van der Waals surface area contributed by atoms with Gasteiger partial charge in [0.05, 0.1) is 17.1 Å². The van der Waals surface area contributed by atoms with Crippen LogP contribution in [0, 0.1) is 28.6 Å². The number of ether oxygens (including phenoxy) is 1. The van der Waals surface area contributed by atoms with Gasteiger partial charge in [-0.2, -0.15) is 0 Å². The summed E-state index contributed by atoms with van der Waals surface area (Å²) in [6.45, 7) is 35.4. The Morgan fingerprint density at radius 2 is 1.08 bits per heavy atom. The van der Waals surface area contributed by atoms with Crippen LogP contribution in [0.5, 0.6) is 11.5 Å². The molecule has 4 unspecified atom stereocenters. The van der Waals surface area contributed by atoms with Crippen LogP contribution in [-0.4, -0.2) is 15.8 Å². The van der Waals surface area contributed by atoms with E-state index in [1.54, 1.807) is 16.7 Å². The molecule has 2 aromatic heterocycles. The summed E-state index contributed by atoms with van der Waals surface area (Å²) in [5.41, 5.74) is 22.9. The van der Waals surface area contributed by atoms with Crippen LogP contribution >= 0.6 is 0 Å². The van der Waals surface area contributed by atoms with Crippen molar-refractivity contribution in [3.8, 4) is 17.2 Å². The van der Waals surface area contributed by atoms with Gasteiger partial charge in [-0.15, -0.1) is 0 Å². The molecule has 4 nitrogen and oxygen atoms in total. The quantitative estimate of drug-likeness (QED) is 0.127. The highest BCUT2D eigenvalue weighted by molar-refractivity contribution is 7.00. The molecule has 0 saturated carbocycles. The smallest absolute Gasteiger partial charge is 0.257 e. The molecule has 5 aliphatic rings. The van der Waals surface area contributed by atoms with Crippen molar-refractivity contribution in [1.29, 1.82) is 0 Å². The molecule has 0 fully saturated rings. The number of rotatable bonds is 5. The van der Waals surface area contributed by atoms with Crippen LogP contribution in [0.2, 0.25) is 0 Å². The summed E-state index contributed by atoms with van der Waals surface area (Å²) in [6.07, 6.45) is 17.6. The molecule has 9 aromatic rings. The Bertz CT molecular complexity index is 4200. The largest absolute Gasteiger partial charge is 0.458 e. The van der Waals surface area contributed by atoms with Gasteiger partial charge in [-0.05, 0) is 214 Å². The van der Waals surface area contributed by atoms with Crippen LogP contribution in [0.4, 0.5) is 17.1 Å². The van der Waals surface area contributed by atoms with Crippen molar-refractivity contribution in [3.63, 3.8) is 0 Å². The molecule has 14 rings (SSSR count). The summed E-state index contributed by atoms with van der Waals surface area (Å²) in [6, 6.07) is 52.5. The Balaban J connectivity index is 1.02. The third-order valence-corrected chi connectivity index (χ3v) is 21.0. The predicted molar refractivity (Wildman–Crippen MR) is 365 cm³/mol. The average molecular weight is 1120 g/mol. The van der Waals surface area contributed by atoms with E-state index in [0.717, 1.165) is 35.7 Å². The minimum atomic E-state index is -0.139. The zero-order chi connectivity index (χ0) is 59.4. The third-order valence-electron chi connectivity index (χ3n) is 21.0. The molecule has 0 spiro atoms. The van der Waals surface area contributed by atoms with E-state index in [1.165, 1.54) is 127 Å². The Labute approximate surface area is 508 Å². The van der Waals surface area contributed by atoms with Crippen LogP contribution in [0.3, 0.4) is 0 Å². The van der Waals surface area contributed by atoms with Crippen LogP contribution in [0.15, 0.2) is 168 Å². The second kappa shape index (κ2) is 19.8. The molecule has 4 atom stereocenters. The van der Waals surface area contributed by atoms with E-state index >= 15 is 0 Å². The Hall–Kier alpha value is -6.98. The predicted octanol–water partition coefficient (Wildman–Crippen LogP) is 20.6. The first-order valence-electron chi connectivity index (χ1n) is 32.4. The lowest BCUT2D eigenvalue weighted by Crippen LogP contribution is -2.59. The summed E-state index contributed by atoms with van der Waals surface area (Å²) in [5, 5.41) is 5.27. The second-order valence-electron chi connectivity index (χ2n) is 31.5. The number of benzene rings is 7. The number of aromatic nitrogens is 2. The van der Waals surface area contributed by atoms with E-state index in [9.17, 15) is 0 Å². The SMILES string of the molecule is CC(C)(C)C1=CCC(C2=CCCC(C3CC=C(C(C)(C)C)CC3)C2n2c3ccccc3c3c4c(ccc32)Oc2cc(C(C)(C)C)cc3c2B4c2ccc(-n4c5ccc(C(C)(C)C)cc5c5cc(C(C)(C)C)ccc54)cc2N3c2ccccc2)CC1. The summed E-state index contributed by atoms with van der Waals surface area (Å²) >= 11 is 0. The molecule has 434 valence electrons. The zero-order valence-electron chi connectivity index (χ0n) is 53.7. The fourth-order valence-electron chi connectivity index (χ4n) is 16.2. The monoisotopic (exact) mass is 1120 g/mol. The van der Waals surface area contributed by atoms with Crippen LogP contribution in [-0.2, 0) is 16.2 Å². The normalized spacial score (nSPS) is 20.3. The fraction of sp³-hybridized carbons (Fsp3) is 0.400. The van der Waals surface area contributed by atoms with Gasteiger partial charge in [-0.1, -0.05) is 188 Å². The van der Waals surface area contributed by atoms with E-state index in [0.29, 0.717) is 17.8 Å². The minimum absolute atomic E-state index is 0.00610. The zero-order valence-corrected chi connectivity index (χ0v) is 53.7. The number of allylic oxidation sites excluding steroid dienone is 6. The van der Waals surface area contributed by atoms with Gasteiger partial charge < -0.3 is 18.8 Å². The van der Waals surface area contributed by atoms with Crippen LogP contribution in [0.1, 0.15) is 178 Å². The molecular formula is C80H90BN3O. The standard InChI is InChI=1S/C80H90BN3O/c1-76(2,3)51-32-28-49(29-33-51)58-25-21-26-59(50-30-34-52(35-31-50)77(4,5)6)75(58)84-64-27-20-19-24-60(64)72-67(84)42-43-70-74(72)81-63-39-38-57(83-65-40-36-53(78(7,8)9)44-61(65)62-45-54(79(10,11)12)37-41-66(62)83)48-68(63)82(56-22-17-16-18-23-56)69-46-55(80(13,14)15)47-71(85-70)73(69)81/h16-20,22-25,27,32,34,36-50,59,75H,21,26,28-31,33,35H2,1-15H3. The van der Waals surface area contributed by atoms with Gasteiger partial charge in [0, 0.05) is 55.3 Å².